The lowest BCUT2D eigenvalue weighted by atomic mass is 10.0. The van der Waals surface area contributed by atoms with Crippen molar-refractivity contribution < 1.29 is 10.2 Å². The molecular formula is C13H11N3O2. The average Bonchev–Trinajstić information content (AvgIpc) is 2.35. The van der Waals surface area contributed by atoms with Gasteiger partial charge in [0.1, 0.15) is 0 Å². The molecule has 0 spiro atoms. The van der Waals surface area contributed by atoms with Crippen molar-refractivity contribution in [3.8, 4) is 11.8 Å². The first-order valence-electron chi connectivity index (χ1n) is 5.41. The predicted molar refractivity (Wildman–Crippen MR) is 66.7 cm³/mol. The Morgan fingerprint density at radius 3 is 1.72 bits per heavy atom. The fraction of sp³-hybridized carbons (Fsp3) is 0.0769. The molecule has 1 heterocycles. The van der Waals surface area contributed by atoms with Crippen molar-refractivity contribution >= 4 is 21.5 Å². The second-order valence-electron chi connectivity index (χ2n) is 4.28. The van der Waals surface area contributed by atoms with Crippen LogP contribution in [0.3, 0.4) is 0 Å². The maximum atomic E-state index is 10.0. The second-order valence-corrected chi connectivity index (χ2v) is 4.28. The van der Waals surface area contributed by atoms with Gasteiger partial charge in [-0.3, -0.25) is 4.57 Å². The lowest BCUT2D eigenvalue weighted by Gasteiger charge is -2.13. The number of benzene rings is 2. The summed E-state index contributed by atoms with van der Waals surface area (Å²) in [5.41, 5.74) is 0. The Labute approximate surface area is 102 Å². The van der Waals surface area contributed by atoms with E-state index in [0.29, 0.717) is 21.5 Å². The molecule has 0 aliphatic heterocycles. The Hall–Kier alpha value is -2.56. The summed E-state index contributed by atoms with van der Waals surface area (Å²) in [5.74, 6) is -0.147. The molecule has 5 nitrogen and oxygen atoms in total. The van der Waals surface area contributed by atoms with Crippen LogP contribution < -0.4 is 10.7 Å². The number of hydrogen-bond acceptors (Lipinski definition) is 4. The van der Waals surface area contributed by atoms with Gasteiger partial charge in [0.15, 0.2) is 0 Å². The van der Waals surface area contributed by atoms with Crippen LogP contribution in [0, 0.1) is 10.8 Å². The molecule has 0 saturated carbocycles. The van der Waals surface area contributed by atoms with Gasteiger partial charge in [-0.1, -0.05) is 0 Å². The summed E-state index contributed by atoms with van der Waals surface area (Å²) in [4.78, 5) is 0. The van der Waals surface area contributed by atoms with E-state index in [9.17, 15) is 10.2 Å². The Bertz CT molecular complexity index is 828. The van der Waals surface area contributed by atoms with Gasteiger partial charge in [-0.15, -0.1) is 0 Å². The minimum absolute atomic E-state index is 0.0735. The lowest BCUT2D eigenvalue weighted by molar-refractivity contribution is 0.384. The molecule has 0 amide bonds. The normalized spacial score (nSPS) is 11.4. The van der Waals surface area contributed by atoms with Gasteiger partial charge in [-0.2, -0.15) is 0 Å². The molecule has 3 rings (SSSR count). The van der Waals surface area contributed by atoms with E-state index in [-0.39, 0.29) is 22.5 Å². The van der Waals surface area contributed by atoms with Crippen molar-refractivity contribution in [2.24, 2.45) is 7.05 Å². The van der Waals surface area contributed by atoms with Gasteiger partial charge in [0.25, 0.3) is 0 Å². The molecule has 2 aromatic carbocycles. The van der Waals surface area contributed by atoms with Crippen LogP contribution >= 0.6 is 0 Å². The molecule has 0 saturated heterocycles. The number of hydrogen-bond donors (Lipinski definition) is 4. The highest BCUT2D eigenvalue weighted by molar-refractivity contribution is 6.12. The van der Waals surface area contributed by atoms with Crippen LogP contribution in [-0.2, 0) is 7.05 Å². The SMILES string of the molecule is Cn1c(O)c2ccc(=N)c3c(=N)ccc(c1O)c23. The number of aromatic hydroxyl groups is 2. The number of aromatic nitrogens is 1. The van der Waals surface area contributed by atoms with E-state index < -0.39 is 0 Å². The summed E-state index contributed by atoms with van der Waals surface area (Å²) in [6, 6.07) is 6.36. The molecule has 0 aliphatic carbocycles. The molecule has 0 atom stereocenters. The van der Waals surface area contributed by atoms with Crippen LogP contribution in [0.1, 0.15) is 0 Å². The third kappa shape index (κ3) is 1.10. The molecule has 3 aromatic rings. The van der Waals surface area contributed by atoms with Crippen molar-refractivity contribution in [3.05, 3.63) is 35.0 Å². The van der Waals surface area contributed by atoms with Gasteiger partial charge in [-0.05, 0) is 24.3 Å². The minimum Gasteiger partial charge on any atom is -0.494 e. The van der Waals surface area contributed by atoms with Crippen molar-refractivity contribution in [1.82, 2.24) is 4.57 Å². The van der Waals surface area contributed by atoms with E-state index in [1.54, 1.807) is 31.3 Å². The van der Waals surface area contributed by atoms with Crippen LogP contribution in [0.2, 0.25) is 0 Å². The zero-order chi connectivity index (χ0) is 13.0. The first-order valence-corrected chi connectivity index (χ1v) is 5.41. The summed E-state index contributed by atoms with van der Waals surface area (Å²) >= 11 is 0. The molecule has 0 fully saturated rings. The van der Waals surface area contributed by atoms with Crippen LogP contribution in [0.15, 0.2) is 24.3 Å². The molecule has 1 aromatic heterocycles. The van der Waals surface area contributed by atoms with Gasteiger partial charge < -0.3 is 21.0 Å². The van der Waals surface area contributed by atoms with Crippen molar-refractivity contribution in [3.63, 3.8) is 0 Å². The van der Waals surface area contributed by atoms with E-state index in [4.69, 9.17) is 10.8 Å². The maximum absolute atomic E-state index is 10.0. The van der Waals surface area contributed by atoms with Crippen LogP contribution in [0.4, 0.5) is 0 Å². The summed E-state index contributed by atoms with van der Waals surface area (Å²) in [6.45, 7) is 0. The van der Waals surface area contributed by atoms with E-state index in [0.717, 1.165) is 0 Å². The maximum Gasteiger partial charge on any atom is 0.201 e. The van der Waals surface area contributed by atoms with Gasteiger partial charge in [0, 0.05) is 28.6 Å². The first-order chi connectivity index (χ1) is 8.52. The summed E-state index contributed by atoms with van der Waals surface area (Å²) < 4.78 is 1.28. The molecule has 0 bridgehead atoms. The standard InChI is InChI=1S/C13H11N3O2/c1-16-12(17)6-2-4-8(14)11-9(15)5-3-7(10(6)11)13(16)18/h2-5,14-15,17-18H,1H3. The Kier molecular flexibility index (Phi) is 1.90. The lowest BCUT2D eigenvalue weighted by Crippen LogP contribution is -2.13. The second kappa shape index (κ2) is 3.22. The molecule has 0 aliphatic rings. The van der Waals surface area contributed by atoms with Crippen LogP contribution in [0.25, 0.3) is 21.5 Å². The average molecular weight is 241 g/mol. The summed E-state index contributed by atoms with van der Waals surface area (Å²) in [6.07, 6.45) is 0. The minimum atomic E-state index is -0.0735. The van der Waals surface area contributed by atoms with Crippen molar-refractivity contribution in [1.29, 1.82) is 10.8 Å². The third-order valence-electron chi connectivity index (χ3n) is 3.28. The van der Waals surface area contributed by atoms with E-state index >= 15 is 0 Å². The molecule has 5 heteroatoms. The fourth-order valence-electron chi connectivity index (χ4n) is 2.33. The molecule has 4 N–H and O–H groups in total. The molecular weight excluding hydrogens is 230 g/mol. The topological polar surface area (TPSA) is 93.1 Å². The monoisotopic (exact) mass is 241 g/mol. The third-order valence-corrected chi connectivity index (χ3v) is 3.28. The molecule has 90 valence electrons. The number of rotatable bonds is 0. The molecule has 0 radical (unpaired) electrons. The Balaban J connectivity index is 2.85. The summed E-state index contributed by atoms with van der Waals surface area (Å²) in [7, 11) is 1.56. The van der Waals surface area contributed by atoms with Gasteiger partial charge in [-0.25, -0.2) is 0 Å². The first kappa shape index (κ1) is 10.6. The van der Waals surface area contributed by atoms with Gasteiger partial charge in [0.2, 0.25) is 11.8 Å². The summed E-state index contributed by atoms with van der Waals surface area (Å²) in [5, 5.41) is 38.3. The largest absolute Gasteiger partial charge is 0.494 e. The van der Waals surface area contributed by atoms with Crippen LogP contribution in [0.5, 0.6) is 11.8 Å². The number of pyridine rings is 1. The van der Waals surface area contributed by atoms with E-state index in [2.05, 4.69) is 0 Å². The highest BCUT2D eigenvalue weighted by atomic mass is 16.3. The predicted octanol–water partition coefficient (Wildman–Crippen LogP) is 1.14. The van der Waals surface area contributed by atoms with Crippen molar-refractivity contribution in [2.45, 2.75) is 0 Å². The smallest absolute Gasteiger partial charge is 0.201 e. The van der Waals surface area contributed by atoms with E-state index in [1.807, 2.05) is 0 Å². The zero-order valence-corrected chi connectivity index (χ0v) is 9.65. The van der Waals surface area contributed by atoms with E-state index in [1.165, 1.54) is 4.57 Å². The highest BCUT2D eigenvalue weighted by Gasteiger charge is 2.15. The molecule has 0 unspecified atom stereocenters. The Morgan fingerprint density at radius 2 is 1.28 bits per heavy atom. The zero-order valence-electron chi connectivity index (χ0n) is 9.65. The van der Waals surface area contributed by atoms with Gasteiger partial charge >= 0.3 is 0 Å². The fourth-order valence-corrected chi connectivity index (χ4v) is 2.33. The van der Waals surface area contributed by atoms with Crippen molar-refractivity contribution in [2.75, 3.05) is 0 Å². The molecule has 18 heavy (non-hydrogen) atoms. The van der Waals surface area contributed by atoms with Crippen LogP contribution in [-0.4, -0.2) is 14.8 Å². The number of nitrogens with zero attached hydrogens (tertiary/aromatic N) is 1. The highest BCUT2D eigenvalue weighted by Crippen LogP contribution is 2.35. The number of nitrogens with one attached hydrogen (secondary N) is 2. The van der Waals surface area contributed by atoms with Gasteiger partial charge in [0.05, 0.1) is 10.7 Å². The quantitative estimate of drug-likeness (QED) is 0.475. The Morgan fingerprint density at radius 1 is 0.833 bits per heavy atom.